The molecule has 2 amide bonds. The number of benzene rings is 1. The van der Waals surface area contributed by atoms with Crippen molar-refractivity contribution in [1.29, 1.82) is 0 Å². The van der Waals surface area contributed by atoms with Crippen molar-refractivity contribution in [3.05, 3.63) is 35.9 Å². The number of hydrogen-bond donors (Lipinski definition) is 0. The van der Waals surface area contributed by atoms with E-state index in [-0.39, 0.29) is 35.5 Å². The van der Waals surface area contributed by atoms with E-state index in [1.54, 1.807) is 13.3 Å². The second-order valence-electron chi connectivity index (χ2n) is 7.85. The van der Waals surface area contributed by atoms with Gasteiger partial charge in [0.2, 0.25) is 0 Å². The summed E-state index contributed by atoms with van der Waals surface area (Å²) < 4.78 is 5.52. The van der Waals surface area contributed by atoms with Crippen molar-refractivity contribution in [3.8, 4) is 5.75 Å². The summed E-state index contributed by atoms with van der Waals surface area (Å²) in [5, 5.41) is 5.34. The lowest BCUT2D eigenvalue weighted by atomic mass is 9.85. The monoisotopic (exact) mass is 365 g/mol. The summed E-state index contributed by atoms with van der Waals surface area (Å²) in [5.74, 6) is 0.339. The van der Waals surface area contributed by atoms with Gasteiger partial charge < -0.3 is 9.64 Å². The van der Waals surface area contributed by atoms with Gasteiger partial charge in [0.1, 0.15) is 5.75 Å². The predicted octanol–water partition coefficient (Wildman–Crippen LogP) is 2.44. The number of fused-ring (bicyclic) bond motifs is 5. The summed E-state index contributed by atoms with van der Waals surface area (Å²) in [6.45, 7) is 2.12. The first-order chi connectivity index (χ1) is 13.2. The number of carbonyl (C=O) groups is 2. The van der Waals surface area contributed by atoms with E-state index in [0.717, 1.165) is 35.8 Å². The molecule has 3 fully saturated rings. The molecule has 2 aliphatic carbocycles. The largest absolute Gasteiger partial charge is 0.496 e. The summed E-state index contributed by atoms with van der Waals surface area (Å²) in [6.07, 6.45) is 9.09. The van der Waals surface area contributed by atoms with Crippen LogP contribution in [0, 0.1) is 23.7 Å². The minimum atomic E-state index is -0.218. The molecular formula is C21H23N3O3. The third-order valence-corrected chi connectivity index (χ3v) is 6.45. The fraction of sp³-hybridized carbons (Fsp3) is 0.476. The molecule has 4 aliphatic rings. The highest BCUT2D eigenvalue weighted by Gasteiger charge is 2.59. The van der Waals surface area contributed by atoms with Crippen LogP contribution < -0.4 is 9.64 Å². The lowest BCUT2D eigenvalue weighted by molar-refractivity contribution is -0.140. The minimum absolute atomic E-state index is 0.161. The first-order valence-corrected chi connectivity index (χ1v) is 9.70. The first-order valence-electron chi connectivity index (χ1n) is 9.70. The molecule has 4 atom stereocenters. The second-order valence-corrected chi connectivity index (χ2v) is 7.85. The number of anilines is 1. The Bertz CT molecular complexity index is 826. The molecule has 5 rings (SSSR count). The van der Waals surface area contributed by atoms with Crippen molar-refractivity contribution < 1.29 is 14.3 Å². The van der Waals surface area contributed by atoms with E-state index in [1.165, 1.54) is 12.8 Å². The average molecular weight is 365 g/mol. The zero-order valence-corrected chi connectivity index (χ0v) is 15.4. The van der Waals surface area contributed by atoms with E-state index in [4.69, 9.17) is 4.74 Å². The van der Waals surface area contributed by atoms with Gasteiger partial charge in [-0.25, -0.2) is 0 Å². The van der Waals surface area contributed by atoms with Crippen LogP contribution in [0.2, 0.25) is 0 Å². The van der Waals surface area contributed by atoms with Crippen LogP contribution in [-0.4, -0.2) is 43.2 Å². The van der Waals surface area contributed by atoms with Gasteiger partial charge in [0.05, 0.1) is 25.2 Å². The minimum Gasteiger partial charge on any atom is -0.496 e. The topological polar surface area (TPSA) is 62.2 Å². The number of ether oxygens (including phenoxy) is 1. The molecule has 27 heavy (non-hydrogen) atoms. The summed E-state index contributed by atoms with van der Waals surface area (Å²) in [7, 11) is 1.63. The third kappa shape index (κ3) is 2.50. The maximum Gasteiger partial charge on any atom is 0.254 e. The van der Waals surface area contributed by atoms with E-state index in [1.807, 2.05) is 18.2 Å². The number of carbonyl (C=O) groups excluding carboxylic acids is 2. The number of allylic oxidation sites excluding steroid dienone is 2. The van der Waals surface area contributed by atoms with Gasteiger partial charge in [-0.2, -0.15) is 10.1 Å². The third-order valence-electron chi connectivity index (χ3n) is 6.45. The highest BCUT2D eigenvalue weighted by atomic mass is 16.5. The fourth-order valence-electron chi connectivity index (χ4n) is 5.10. The van der Waals surface area contributed by atoms with Crippen LogP contribution in [0.5, 0.6) is 5.75 Å². The molecule has 1 saturated carbocycles. The van der Waals surface area contributed by atoms with Gasteiger partial charge in [-0.1, -0.05) is 12.2 Å². The smallest absolute Gasteiger partial charge is 0.254 e. The molecule has 0 unspecified atom stereocenters. The summed E-state index contributed by atoms with van der Waals surface area (Å²) in [4.78, 5) is 27.8. The summed E-state index contributed by atoms with van der Waals surface area (Å²) in [6, 6.07) is 5.98. The van der Waals surface area contributed by atoms with Crippen LogP contribution in [0.4, 0.5) is 5.69 Å². The van der Waals surface area contributed by atoms with E-state index >= 15 is 0 Å². The normalized spacial score (nSPS) is 31.6. The second kappa shape index (κ2) is 6.22. The molecule has 2 bridgehead atoms. The van der Waals surface area contributed by atoms with Crippen molar-refractivity contribution in [3.63, 3.8) is 0 Å². The fourth-order valence-corrected chi connectivity index (χ4v) is 5.10. The van der Waals surface area contributed by atoms with Gasteiger partial charge in [0, 0.05) is 30.4 Å². The number of rotatable bonds is 4. The number of imide groups is 1. The zero-order valence-electron chi connectivity index (χ0n) is 15.4. The lowest BCUT2D eigenvalue weighted by Gasteiger charge is -2.19. The van der Waals surface area contributed by atoms with Gasteiger partial charge in [-0.3, -0.25) is 9.59 Å². The summed E-state index contributed by atoms with van der Waals surface area (Å²) >= 11 is 0. The van der Waals surface area contributed by atoms with Crippen LogP contribution in [0.25, 0.3) is 0 Å². The summed E-state index contributed by atoms with van der Waals surface area (Å²) in [5.41, 5.74) is 1.89. The Kier molecular flexibility index (Phi) is 3.81. The molecule has 6 heteroatoms. The molecule has 0 radical (unpaired) electrons. The number of hydrazone groups is 1. The highest BCUT2D eigenvalue weighted by molar-refractivity contribution is 6.07. The maximum absolute atomic E-state index is 12.7. The van der Waals surface area contributed by atoms with E-state index in [9.17, 15) is 9.59 Å². The Morgan fingerprint density at radius 1 is 1.07 bits per heavy atom. The van der Waals surface area contributed by atoms with Crippen LogP contribution in [0.3, 0.4) is 0 Å². The highest BCUT2D eigenvalue weighted by Crippen LogP contribution is 2.52. The molecule has 1 aromatic rings. The number of nitrogens with zero attached hydrogens (tertiary/aromatic N) is 3. The van der Waals surface area contributed by atoms with E-state index in [2.05, 4.69) is 22.2 Å². The van der Waals surface area contributed by atoms with Crippen LogP contribution >= 0.6 is 0 Å². The number of amides is 2. The Morgan fingerprint density at radius 2 is 1.74 bits per heavy atom. The molecule has 2 saturated heterocycles. The van der Waals surface area contributed by atoms with Gasteiger partial charge in [0.25, 0.3) is 11.8 Å². The first kappa shape index (κ1) is 16.5. The number of methoxy groups -OCH3 is 1. The van der Waals surface area contributed by atoms with Gasteiger partial charge in [0.15, 0.2) is 0 Å². The predicted molar refractivity (Wildman–Crippen MR) is 102 cm³/mol. The quantitative estimate of drug-likeness (QED) is 0.467. The van der Waals surface area contributed by atoms with Gasteiger partial charge in [-0.15, -0.1) is 0 Å². The van der Waals surface area contributed by atoms with Crippen molar-refractivity contribution in [2.75, 3.05) is 25.1 Å². The van der Waals surface area contributed by atoms with Crippen LogP contribution in [0.15, 0.2) is 35.5 Å². The Hall–Kier alpha value is -2.63. The SMILES string of the molecule is COc1cc(N2CCCC2)ccc1C=NN1C(=O)[C@@H]2[C@H](C1=O)[C@H]1C=C[C@H]2C1. The molecule has 140 valence electrons. The van der Waals surface area contributed by atoms with Crippen molar-refractivity contribution in [2.45, 2.75) is 19.3 Å². The Balaban J connectivity index is 1.38. The van der Waals surface area contributed by atoms with Crippen molar-refractivity contribution in [2.24, 2.45) is 28.8 Å². The molecule has 2 aliphatic heterocycles. The van der Waals surface area contributed by atoms with Crippen LogP contribution in [-0.2, 0) is 9.59 Å². The van der Waals surface area contributed by atoms with E-state index < -0.39 is 0 Å². The molecule has 0 N–H and O–H groups in total. The Labute approximate surface area is 158 Å². The van der Waals surface area contributed by atoms with Gasteiger partial charge >= 0.3 is 0 Å². The van der Waals surface area contributed by atoms with Gasteiger partial charge in [-0.05, 0) is 43.2 Å². The van der Waals surface area contributed by atoms with Crippen molar-refractivity contribution in [1.82, 2.24) is 5.01 Å². The molecule has 2 heterocycles. The Morgan fingerprint density at radius 3 is 2.37 bits per heavy atom. The number of hydrogen-bond acceptors (Lipinski definition) is 5. The van der Waals surface area contributed by atoms with Crippen molar-refractivity contribution >= 4 is 23.7 Å². The molecule has 6 nitrogen and oxygen atoms in total. The molecular weight excluding hydrogens is 342 g/mol. The standard InChI is InChI=1S/C21H23N3O3/c1-27-17-11-16(23-8-2-3-9-23)7-6-15(17)12-22-24-20(25)18-13-4-5-14(10-13)19(18)21(24)26/h4-7,11-14,18-19H,2-3,8-10H2,1H3/t13-,14-,18-,19+/m0/s1. The lowest BCUT2D eigenvalue weighted by Crippen LogP contribution is -2.28. The zero-order chi connectivity index (χ0) is 18.5. The molecule has 0 spiro atoms. The molecule has 1 aromatic carbocycles. The molecule has 0 aromatic heterocycles. The van der Waals surface area contributed by atoms with E-state index in [0.29, 0.717) is 5.75 Å². The van der Waals surface area contributed by atoms with Crippen LogP contribution in [0.1, 0.15) is 24.8 Å². The maximum atomic E-state index is 12.7. The average Bonchev–Trinajstić information content (AvgIpc) is 3.46.